The van der Waals surface area contributed by atoms with Gasteiger partial charge >= 0.3 is 0 Å². The maximum Gasteiger partial charge on any atom is 0.214 e. The highest BCUT2D eigenvalue weighted by Gasteiger charge is 2.32. The van der Waals surface area contributed by atoms with Crippen LogP contribution in [0.15, 0.2) is 4.99 Å². The largest absolute Gasteiger partial charge is 0.381 e. The van der Waals surface area contributed by atoms with E-state index in [4.69, 9.17) is 4.74 Å². The van der Waals surface area contributed by atoms with Crippen molar-refractivity contribution >= 4 is 51.7 Å². The van der Waals surface area contributed by atoms with Gasteiger partial charge in [0.05, 0.1) is 5.75 Å². The molecule has 0 bridgehead atoms. The Bertz CT molecular complexity index is 561. The minimum absolute atomic E-state index is 0. The number of hydrogen-bond acceptors (Lipinski definition) is 5. The lowest BCUT2D eigenvalue weighted by Gasteiger charge is -2.37. The lowest BCUT2D eigenvalue weighted by Crippen LogP contribution is -2.52. The molecule has 0 amide bonds. The fourth-order valence-corrected chi connectivity index (χ4v) is 5.83. The summed E-state index contributed by atoms with van der Waals surface area (Å²) in [6.07, 6.45) is 6.54. The fourth-order valence-electron chi connectivity index (χ4n) is 3.49. The van der Waals surface area contributed by atoms with E-state index >= 15 is 0 Å². The molecule has 2 rings (SSSR count). The minimum Gasteiger partial charge on any atom is -0.381 e. The van der Waals surface area contributed by atoms with Gasteiger partial charge in [0.2, 0.25) is 10.0 Å². The molecular weight excluding hydrogens is 499 g/mol. The second-order valence-corrected chi connectivity index (χ2v) is 10.4. The number of piperidine rings is 1. The molecule has 2 N–H and O–H groups in total. The summed E-state index contributed by atoms with van der Waals surface area (Å²) in [6, 6.07) is 0.259. The Morgan fingerprint density at radius 2 is 1.93 bits per heavy atom. The fraction of sp³-hybridized carbons (Fsp3) is 0.941. The van der Waals surface area contributed by atoms with Crippen molar-refractivity contribution in [1.82, 2.24) is 14.9 Å². The number of halogens is 1. The predicted octanol–water partition coefficient (Wildman–Crippen LogP) is 1.89. The van der Waals surface area contributed by atoms with Crippen LogP contribution in [0.2, 0.25) is 0 Å². The van der Waals surface area contributed by atoms with Crippen LogP contribution < -0.4 is 10.6 Å². The van der Waals surface area contributed by atoms with Crippen LogP contribution in [0.1, 0.15) is 39.0 Å². The lowest BCUT2D eigenvalue weighted by molar-refractivity contribution is 0.0782. The summed E-state index contributed by atoms with van der Waals surface area (Å²) in [6.45, 7) is 5.58. The molecule has 0 aromatic carbocycles. The van der Waals surface area contributed by atoms with Crippen LogP contribution in [-0.2, 0) is 14.8 Å². The number of guanidine groups is 1. The summed E-state index contributed by atoms with van der Waals surface area (Å²) >= 11 is 1.90. The van der Waals surface area contributed by atoms with E-state index < -0.39 is 10.0 Å². The maximum atomic E-state index is 12.2. The van der Waals surface area contributed by atoms with E-state index in [0.29, 0.717) is 19.5 Å². The molecule has 0 aromatic rings. The smallest absolute Gasteiger partial charge is 0.214 e. The first-order valence-corrected chi connectivity index (χ1v) is 12.4. The SMILES string of the molecule is CCCS(=O)(=O)N1CCC(NC(=NC)NCC2(SC)CCOCC2)CC1.I. The van der Waals surface area contributed by atoms with Crippen LogP contribution in [-0.4, -0.2) is 81.4 Å². The van der Waals surface area contributed by atoms with Crippen molar-refractivity contribution in [2.24, 2.45) is 4.99 Å². The van der Waals surface area contributed by atoms with Gasteiger partial charge < -0.3 is 15.4 Å². The average Bonchev–Trinajstić information content (AvgIpc) is 2.66. The van der Waals surface area contributed by atoms with E-state index in [0.717, 1.165) is 51.4 Å². The van der Waals surface area contributed by atoms with E-state index in [9.17, 15) is 8.42 Å². The van der Waals surface area contributed by atoms with Crippen LogP contribution in [0.4, 0.5) is 0 Å². The normalized spacial score (nSPS) is 22.1. The van der Waals surface area contributed by atoms with Crippen molar-refractivity contribution in [2.45, 2.75) is 49.8 Å². The zero-order valence-electron chi connectivity index (χ0n) is 16.7. The molecule has 2 aliphatic heterocycles. The Morgan fingerprint density at radius 1 is 1.30 bits per heavy atom. The Kier molecular flexibility index (Phi) is 11.3. The molecule has 0 aliphatic carbocycles. The summed E-state index contributed by atoms with van der Waals surface area (Å²) < 4.78 is 31.7. The van der Waals surface area contributed by atoms with E-state index in [1.54, 1.807) is 11.4 Å². The third-order valence-electron chi connectivity index (χ3n) is 5.29. The molecule has 0 aromatic heterocycles. The first-order valence-electron chi connectivity index (χ1n) is 9.52. The highest BCUT2D eigenvalue weighted by Crippen LogP contribution is 2.32. The van der Waals surface area contributed by atoms with Gasteiger partial charge in [-0.05, 0) is 38.4 Å². The topological polar surface area (TPSA) is 83.0 Å². The van der Waals surface area contributed by atoms with Crippen LogP contribution in [0, 0.1) is 0 Å². The summed E-state index contributed by atoms with van der Waals surface area (Å²) in [5, 5.41) is 6.94. The second kappa shape index (κ2) is 12.0. The molecule has 0 atom stereocenters. The van der Waals surface area contributed by atoms with Crippen molar-refractivity contribution < 1.29 is 13.2 Å². The van der Waals surface area contributed by atoms with Crippen molar-refractivity contribution in [3.05, 3.63) is 0 Å². The van der Waals surface area contributed by atoms with Crippen molar-refractivity contribution in [3.8, 4) is 0 Å². The highest BCUT2D eigenvalue weighted by molar-refractivity contribution is 14.0. The molecule has 2 fully saturated rings. The molecule has 7 nitrogen and oxygen atoms in total. The molecule has 27 heavy (non-hydrogen) atoms. The van der Waals surface area contributed by atoms with Crippen LogP contribution in [0.5, 0.6) is 0 Å². The Balaban J connectivity index is 0.00000364. The highest BCUT2D eigenvalue weighted by atomic mass is 127. The van der Waals surface area contributed by atoms with E-state index in [-0.39, 0.29) is 40.5 Å². The van der Waals surface area contributed by atoms with Crippen LogP contribution in [0.25, 0.3) is 0 Å². The Hall–Kier alpha value is 0.220. The van der Waals surface area contributed by atoms with Gasteiger partial charge in [-0.15, -0.1) is 24.0 Å². The summed E-state index contributed by atoms with van der Waals surface area (Å²) in [7, 11) is -1.30. The van der Waals surface area contributed by atoms with E-state index in [1.165, 1.54) is 0 Å². The number of thioether (sulfide) groups is 1. The number of nitrogens with one attached hydrogen (secondary N) is 2. The second-order valence-electron chi connectivity index (χ2n) is 7.06. The molecule has 2 saturated heterocycles. The number of sulfonamides is 1. The van der Waals surface area contributed by atoms with Crippen LogP contribution >= 0.6 is 35.7 Å². The third kappa shape index (κ3) is 7.52. The van der Waals surface area contributed by atoms with E-state index in [2.05, 4.69) is 21.9 Å². The zero-order valence-corrected chi connectivity index (χ0v) is 20.7. The van der Waals surface area contributed by atoms with Gasteiger partial charge in [0.1, 0.15) is 0 Å². The van der Waals surface area contributed by atoms with Gasteiger partial charge in [0, 0.05) is 50.7 Å². The average molecular weight is 535 g/mol. The molecule has 10 heteroatoms. The molecule has 2 heterocycles. The van der Waals surface area contributed by atoms with Gasteiger partial charge in [-0.2, -0.15) is 11.8 Å². The predicted molar refractivity (Wildman–Crippen MR) is 125 cm³/mol. The zero-order chi connectivity index (χ0) is 19.0. The first kappa shape index (κ1) is 25.3. The van der Waals surface area contributed by atoms with Gasteiger partial charge in [0.15, 0.2) is 5.96 Å². The minimum atomic E-state index is -3.08. The van der Waals surface area contributed by atoms with Crippen molar-refractivity contribution in [1.29, 1.82) is 0 Å². The lowest BCUT2D eigenvalue weighted by atomic mass is 9.99. The van der Waals surface area contributed by atoms with Gasteiger partial charge in [0.25, 0.3) is 0 Å². The quantitative estimate of drug-likeness (QED) is 0.295. The molecule has 0 radical (unpaired) electrons. The molecule has 0 spiro atoms. The summed E-state index contributed by atoms with van der Waals surface area (Å²) in [4.78, 5) is 4.35. The first-order chi connectivity index (χ1) is 12.4. The third-order valence-corrected chi connectivity index (χ3v) is 8.78. The van der Waals surface area contributed by atoms with E-state index in [1.807, 2.05) is 18.7 Å². The number of rotatable bonds is 7. The summed E-state index contributed by atoms with van der Waals surface area (Å²) in [5.74, 6) is 1.05. The number of ether oxygens (including phenoxy) is 1. The van der Waals surface area contributed by atoms with Gasteiger partial charge in [-0.25, -0.2) is 12.7 Å². The number of aliphatic imine (C=N–C) groups is 1. The molecule has 0 saturated carbocycles. The number of nitrogens with zero attached hydrogens (tertiary/aromatic N) is 2. The van der Waals surface area contributed by atoms with Crippen LogP contribution in [0.3, 0.4) is 0 Å². The standard InChI is InChI=1S/C17H34N4O3S2.HI/c1-4-13-26(22,23)21-9-5-15(6-10-21)20-16(18-2)19-14-17(25-3)7-11-24-12-8-17;/h15H,4-14H2,1-3H3,(H2,18,19,20);1H. The Labute approximate surface area is 185 Å². The molecular formula is C17H35IN4O3S2. The van der Waals surface area contributed by atoms with Gasteiger partial charge in [-0.1, -0.05) is 6.92 Å². The summed E-state index contributed by atoms with van der Waals surface area (Å²) in [5.41, 5.74) is 0. The molecule has 0 unspecified atom stereocenters. The number of hydrogen-bond donors (Lipinski definition) is 2. The molecule has 160 valence electrons. The van der Waals surface area contributed by atoms with Crippen molar-refractivity contribution in [2.75, 3.05) is 51.9 Å². The monoisotopic (exact) mass is 534 g/mol. The van der Waals surface area contributed by atoms with Crippen molar-refractivity contribution in [3.63, 3.8) is 0 Å². The maximum absolute atomic E-state index is 12.2. The Morgan fingerprint density at radius 3 is 2.44 bits per heavy atom. The van der Waals surface area contributed by atoms with Gasteiger partial charge in [-0.3, -0.25) is 4.99 Å². The molecule has 2 aliphatic rings.